The third kappa shape index (κ3) is 3.87. The fourth-order valence-corrected chi connectivity index (χ4v) is 1.77. The number of carbonyl (C=O) groups is 2. The van der Waals surface area contributed by atoms with Gasteiger partial charge in [-0.2, -0.15) is 0 Å². The number of carbonyl (C=O) groups excluding carboxylic acids is 1. The van der Waals surface area contributed by atoms with Crippen molar-refractivity contribution in [2.24, 2.45) is 5.73 Å². The third-order valence-electron chi connectivity index (χ3n) is 2.95. The molecule has 0 unspecified atom stereocenters. The Labute approximate surface area is 121 Å². The number of carboxylic acids is 1. The Bertz CT molecular complexity index is 653. The molecule has 21 heavy (non-hydrogen) atoms. The van der Waals surface area contributed by atoms with Crippen LogP contribution in [0.15, 0.2) is 42.6 Å². The van der Waals surface area contributed by atoms with Gasteiger partial charge < -0.3 is 16.2 Å². The molecule has 0 saturated heterocycles. The highest BCUT2D eigenvalue weighted by molar-refractivity contribution is 5.94. The summed E-state index contributed by atoms with van der Waals surface area (Å²) in [6.07, 6.45) is 1.40. The van der Waals surface area contributed by atoms with Crippen molar-refractivity contribution in [2.75, 3.05) is 0 Å². The average molecular weight is 285 g/mol. The number of pyridine rings is 1. The number of nitrogens with two attached hydrogens (primary N) is 1. The second kappa shape index (κ2) is 6.62. The Balaban J connectivity index is 2.00. The smallest absolute Gasteiger partial charge is 0.335 e. The van der Waals surface area contributed by atoms with E-state index in [0.29, 0.717) is 17.8 Å². The van der Waals surface area contributed by atoms with Crippen LogP contribution in [0.4, 0.5) is 0 Å². The minimum absolute atomic E-state index is 0.140. The van der Waals surface area contributed by atoms with Gasteiger partial charge in [0.05, 0.1) is 17.8 Å². The van der Waals surface area contributed by atoms with Crippen LogP contribution in [0.25, 0.3) is 0 Å². The van der Waals surface area contributed by atoms with Gasteiger partial charge in [-0.05, 0) is 29.8 Å². The summed E-state index contributed by atoms with van der Waals surface area (Å²) in [6, 6.07) is 9.80. The molecule has 0 aliphatic rings. The van der Waals surface area contributed by atoms with Crippen molar-refractivity contribution in [2.45, 2.75) is 13.1 Å². The number of hydrogen-bond donors (Lipinski definition) is 3. The molecule has 1 amide bonds. The van der Waals surface area contributed by atoms with E-state index in [9.17, 15) is 9.59 Å². The Kier molecular flexibility index (Phi) is 4.63. The van der Waals surface area contributed by atoms with E-state index in [2.05, 4.69) is 10.3 Å². The number of amides is 1. The molecule has 1 aromatic carbocycles. The van der Waals surface area contributed by atoms with Crippen LogP contribution in [-0.2, 0) is 13.1 Å². The largest absolute Gasteiger partial charge is 0.478 e. The van der Waals surface area contributed by atoms with Gasteiger partial charge >= 0.3 is 5.97 Å². The molecule has 0 radical (unpaired) electrons. The zero-order valence-corrected chi connectivity index (χ0v) is 11.2. The summed E-state index contributed by atoms with van der Waals surface area (Å²) in [5, 5.41) is 11.6. The van der Waals surface area contributed by atoms with E-state index >= 15 is 0 Å². The summed E-state index contributed by atoms with van der Waals surface area (Å²) in [4.78, 5) is 26.8. The van der Waals surface area contributed by atoms with Gasteiger partial charge in [0.2, 0.25) is 0 Å². The Morgan fingerprint density at radius 2 is 1.86 bits per heavy atom. The zero-order chi connectivity index (χ0) is 15.2. The molecule has 2 rings (SSSR count). The predicted octanol–water partition coefficient (Wildman–Crippen LogP) is 1.17. The molecule has 2 aromatic rings. The second-order valence-electron chi connectivity index (χ2n) is 4.42. The number of benzene rings is 1. The van der Waals surface area contributed by atoms with Crippen LogP contribution in [-0.4, -0.2) is 22.0 Å². The molecule has 0 aliphatic heterocycles. The van der Waals surface area contributed by atoms with Gasteiger partial charge in [-0.1, -0.05) is 12.1 Å². The quantitative estimate of drug-likeness (QED) is 0.764. The zero-order valence-electron chi connectivity index (χ0n) is 11.2. The highest BCUT2D eigenvalue weighted by Gasteiger charge is 2.07. The van der Waals surface area contributed by atoms with Crippen molar-refractivity contribution >= 4 is 11.9 Å². The first-order valence-corrected chi connectivity index (χ1v) is 6.35. The lowest BCUT2D eigenvalue weighted by Crippen LogP contribution is -2.23. The first-order valence-electron chi connectivity index (χ1n) is 6.35. The van der Waals surface area contributed by atoms with Gasteiger partial charge in [0, 0.05) is 18.3 Å². The molecule has 0 fully saturated rings. The van der Waals surface area contributed by atoms with Gasteiger partial charge in [-0.3, -0.25) is 9.78 Å². The van der Waals surface area contributed by atoms with E-state index in [-0.39, 0.29) is 18.0 Å². The number of aromatic carboxylic acids is 1. The van der Waals surface area contributed by atoms with E-state index in [4.69, 9.17) is 10.8 Å². The van der Waals surface area contributed by atoms with Crippen molar-refractivity contribution in [3.8, 4) is 0 Å². The van der Waals surface area contributed by atoms with E-state index in [0.717, 1.165) is 5.56 Å². The molecule has 0 spiro atoms. The van der Waals surface area contributed by atoms with Crippen LogP contribution in [0.1, 0.15) is 32.0 Å². The van der Waals surface area contributed by atoms with Crippen LogP contribution in [0.5, 0.6) is 0 Å². The summed E-state index contributed by atoms with van der Waals surface area (Å²) in [5.41, 5.74) is 7.58. The van der Waals surface area contributed by atoms with Gasteiger partial charge in [0.25, 0.3) is 5.91 Å². The topological polar surface area (TPSA) is 105 Å². The van der Waals surface area contributed by atoms with Crippen LogP contribution >= 0.6 is 0 Å². The molecule has 1 aromatic heterocycles. The van der Waals surface area contributed by atoms with Crippen LogP contribution in [0.2, 0.25) is 0 Å². The molecular formula is C15H15N3O3. The SMILES string of the molecule is NCc1ccc(C(=O)NCc2cc(C(=O)O)ccn2)cc1. The minimum Gasteiger partial charge on any atom is -0.478 e. The first kappa shape index (κ1) is 14.7. The van der Waals surface area contributed by atoms with Gasteiger partial charge in [0.1, 0.15) is 0 Å². The second-order valence-corrected chi connectivity index (χ2v) is 4.42. The number of carboxylic acid groups (broad SMARTS) is 1. The van der Waals surface area contributed by atoms with E-state index in [1.54, 1.807) is 24.3 Å². The maximum Gasteiger partial charge on any atom is 0.335 e. The summed E-state index contributed by atoms with van der Waals surface area (Å²) < 4.78 is 0. The lowest BCUT2D eigenvalue weighted by Gasteiger charge is -2.06. The lowest BCUT2D eigenvalue weighted by molar-refractivity contribution is 0.0696. The normalized spacial score (nSPS) is 10.1. The van der Waals surface area contributed by atoms with Gasteiger partial charge in [0.15, 0.2) is 0 Å². The van der Waals surface area contributed by atoms with Gasteiger partial charge in [-0.25, -0.2) is 4.79 Å². The van der Waals surface area contributed by atoms with Crippen molar-refractivity contribution in [3.63, 3.8) is 0 Å². The lowest BCUT2D eigenvalue weighted by atomic mass is 10.1. The molecule has 6 heteroatoms. The van der Waals surface area contributed by atoms with Gasteiger partial charge in [-0.15, -0.1) is 0 Å². The van der Waals surface area contributed by atoms with Crippen LogP contribution in [0, 0.1) is 0 Å². The first-order chi connectivity index (χ1) is 10.1. The van der Waals surface area contributed by atoms with E-state index < -0.39 is 5.97 Å². The highest BCUT2D eigenvalue weighted by Crippen LogP contribution is 2.05. The molecule has 0 aliphatic carbocycles. The fraction of sp³-hybridized carbons (Fsp3) is 0.133. The summed E-state index contributed by atoms with van der Waals surface area (Å²) >= 11 is 0. The summed E-state index contributed by atoms with van der Waals surface area (Å²) in [7, 11) is 0. The average Bonchev–Trinajstić information content (AvgIpc) is 2.53. The molecule has 6 nitrogen and oxygen atoms in total. The fourth-order valence-electron chi connectivity index (χ4n) is 1.77. The minimum atomic E-state index is -1.03. The van der Waals surface area contributed by atoms with Crippen molar-refractivity contribution in [1.82, 2.24) is 10.3 Å². The number of aromatic nitrogens is 1. The van der Waals surface area contributed by atoms with Crippen LogP contribution < -0.4 is 11.1 Å². The Morgan fingerprint density at radius 1 is 1.14 bits per heavy atom. The molecule has 108 valence electrons. The monoisotopic (exact) mass is 285 g/mol. The standard InChI is InChI=1S/C15H15N3O3/c16-8-10-1-3-11(4-2-10)14(19)18-9-13-7-12(15(20)21)5-6-17-13/h1-7H,8-9,16H2,(H,18,19)(H,20,21). The number of rotatable bonds is 5. The van der Waals surface area contributed by atoms with Crippen molar-refractivity contribution in [3.05, 3.63) is 65.0 Å². The van der Waals surface area contributed by atoms with E-state index in [1.807, 2.05) is 0 Å². The summed E-state index contributed by atoms with van der Waals surface area (Å²) in [6.45, 7) is 0.590. The number of nitrogens with one attached hydrogen (secondary N) is 1. The Morgan fingerprint density at radius 3 is 2.48 bits per heavy atom. The maximum atomic E-state index is 11.9. The summed E-state index contributed by atoms with van der Waals surface area (Å²) in [5.74, 6) is -1.27. The van der Waals surface area contributed by atoms with E-state index in [1.165, 1.54) is 18.3 Å². The molecule has 0 saturated carbocycles. The number of nitrogens with zero attached hydrogens (tertiary/aromatic N) is 1. The molecular weight excluding hydrogens is 270 g/mol. The third-order valence-corrected chi connectivity index (χ3v) is 2.95. The molecule has 0 bridgehead atoms. The molecule has 4 N–H and O–H groups in total. The van der Waals surface area contributed by atoms with Crippen molar-refractivity contribution in [1.29, 1.82) is 0 Å². The predicted molar refractivity (Wildman–Crippen MR) is 76.7 cm³/mol. The Hall–Kier alpha value is -2.73. The van der Waals surface area contributed by atoms with Crippen LogP contribution in [0.3, 0.4) is 0 Å². The maximum absolute atomic E-state index is 11.9. The highest BCUT2D eigenvalue weighted by atomic mass is 16.4. The number of hydrogen-bond acceptors (Lipinski definition) is 4. The molecule has 1 heterocycles. The van der Waals surface area contributed by atoms with Crippen molar-refractivity contribution < 1.29 is 14.7 Å². The molecule has 0 atom stereocenters.